The van der Waals surface area contributed by atoms with Crippen molar-refractivity contribution in [2.24, 2.45) is 5.10 Å². The van der Waals surface area contributed by atoms with Gasteiger partial charge in [0.05, 0.1) is 21.8 Å². The van der Waals surface area contributed by atoms with Crippen LogP contribution in [0.1, 0.15) is 21.5 Å². The molecule has 6 nitrogen and oxygen atoms in total. The second kappa shape index (κ2) is 9.74. The molecule has 3 aromatic carbocycles. The van der Waals surface area contributed by atoms with E-state index in [1.165, 1.54) is 6.07 Å². The van der Waals surface area contributed by atoms with Crippen molar-refractivity contribution >= 4 is 46.0 Å². The van der Waals surface area contributed by atoms with Crippen molar-refractivity contribution in [3.8, 4) is 0 Å². The molecule has 1 amide bonds. The molecule has 0 aliphatic rings. The summed E-state index contributed by atoms with van der Waals surface area (Å²) in [7, 11) is 0. The van der Waals surface area contributed by atoms with Gasteiger partial charge in [0.1, 0.15) is 0 Å². The quantitative estimate of drug-likeness (QED) is 0.224. The van der Waals surface area contributed by atoms with Crippen molar-refractivity contribution in [3.63, 3.8) is 0 Å². The summed E-state index contributed by atoms with van der Waals surface area (Å²) in [6.45, 7) is 0. The zero-order chi connectivity index (χ0) is 20.6. The number of nitro benzene ring substituents is 1. The van der Waals surface area contributed by atoms with E-state index < -0.39 is 4.92 Å². The third-order valence-corrected chi connectivity index (χ3v) is 4.96. The summed E-state index contributed by atoms with van der Waals surface area (Å²) in [5, 5.41) is 15.5. The Morgan fingerprint density at radius 3 is 2.34 bits per heavy atom. The van der Waals surface area contributed by atoms with Crippen molar-refractivity contribution in [2.75, 3.05) is 0 Å². The van der Waals surface area contributed by atoms with Crippen LogP contribution in [-0.2, 0) is 0 Å². The molecule has 0 bridgehead atoms. The van der Waals surface area contributed by atoms with Gasteiger partial charge in [-0.15, -0.1) is 0 Å². The average Bonchev–Trinajstić information content (AvgIpc) is 2.74. The van der Waals surface area contributed by atoms with Gasteiger partial charge in [-0.2, -0.15) is 5.10 Å². The van der Waals surface area contributed by atoms with E-state index in [2.05, 4.69) is 33.1 Å². The number of para-hydroxylation sites is 1. The molecule has 0 aromatic heterocycles. The summed E-state index contributed by atoms with van der Waals surface area (Å²) >= 11 is 2.09. The van der Waals surface area contributed by atoms with Gasteiger partial charge >= 0.3 is 0 Å². The van der Waals surface area contributed by atoms with E-state index in [0.717, 1.165) is 9.13 Å². The lowest BCUT2D eigenvalue weighted by molar-refractivity contribution is -0.385. The van der Waals surface area contributed by atoms with Crippen LogP contribution in [0.2, 0.25) is 0 Å². The Bertz CT molecular complexity index is 1100. The zero-order valence-corrected chi connectivity index (χ0v) is 17.3. The van der Waals surface area contributed by atoms with Crippen molar-refractivity contribution in [2.45, 2.75) is 0 Å². The van der Waals surface area contributed by atoms with Crippen LogP contribution in [-0.4, -0.2) is 16.5 Å². The standard InChI is InChI=1S/C22H16IN3O3/c23-19-12-6-5-11-18(19)22(27)25-24-20(16-8-2-1-3-9-16)15-14-17-10-4-7-13-21(17)26(28)29/h1-15H,(H,25,27)/b15-14+,24-20?. The van der Waals surface area contributed by atoms with E-state index in [1.807, 2.05) is 42.5 Å². The van der Waals surface area contributed by atoms with Gasteiger partial charge in [-0.25, -0.2) is 5.43 Å². The lowest BCUT2D eigenvalue weighted by Gasteiger charge is -2.05. The molecule has 1 N–H and O–H groups in total. The number of carbonyl (C=O) groups is 1. The Labute approximate surface area is 181 Å². The van der Waals surface area contributed by atoms with Gasteiger partial charge in [0, 0.05) is 15.2 Å². The number of halogens is 1. The number of carbonyl (C=O) groups excluding carboxylic acids is 1. The highest BCUT2D eigenvalue weighted by molar-refractivity contribution is 14.1. The molecule has 0 unspecified atom stereocenters. The molecule has 3 aromatic rings. The van der Waals surface area contributed by atoms with E-state index in [4.69, 9.17) is 0 Å². The first-order valence-corrected chi connectivity index (χ1v) is 9.73. The Balaban J connectivity index is 1.92. The lowest BCUT2D eigenvalue weighted by Crippen LogP contribution is -2.20. The van der Waals surface area contributed by atoms with Crippen LogP contribution < -0.4 is 5.43 Å². The topological polar surface area (TPSA) is 84.6 Å². The molecule has 0 aliphatic heterocycles. The molecule has 29 heavy (non-hydrogen) atoms. The summed E-state index contributed by atoms with van der Waals surface area (Å²) in [5.41, 5.74) is 4.78. The molecule has 0 fully saturated rings. The summed E-state index contributed by atoms with van der Waals surface area (Å²) in [6.07, 6.45) is 3.26. The molecule has 0 saturated heterocycles. The molecular formula is C22H16IN3O3. The van der Waals surface area contributed by atoms with Crippen LogP contribution in [0.4, 0.5) is 5.69 Å². The summed E-state index contributed by atoms with van der Waals surface area (Å²) in [6, 6.07) is 22.9. The number of hydrazone groups is 1. The summed E-state index contributed by atoms with van der Waals surface area (Å²) in [5.74, 6) is -0.331. The predicted octanol–water partition coefficient (Wildman–Crippen LogP) is 5.05. The minimum absolute atomic E-state index is 0.000892. The highest BCUT2D eigenvalue weighted by Gasteiger charge is 2.11. The van der Waals surface area contributed by atoms with Gasteiger partial charge in [-0.3, -0.25) is 14.9 Å². The summed E-state index contributed by atoms with van der Waals surface area (Å²) < 4.78 is 0.814. The number of rotatable bonds is 6. The number of hydrogen-bond acceptors (Lipinski definition) is 4. The molecule has 144 valence electrons. The van der Waals surface area contributed by atoms with Crippen LogP contribution in [0, 0.1) is 13.7 Å². The summed E-state index contributed by atoms with van der Waals surface area (Å²) in [4.78, 5) is 23.3. The number of nitro groups is 1. The highest BCUT2D eigenvalue weighted by Crippen LogP contribution is 2.19. The first-order valence-electron chi connectivity index (χ1n) is 8.66. The Hall–Kier alpha value is -3.33. The van der Waals surface area contributed by atoms with Gasteiger partial charge in [0.15, 0.2) is 0 Å². The van der Waals surface area contributed by atoms with E-state index in [1.54, 1.807) is 42.5 Å². The second-order valence-electron chi connectivity index (χ2n) is 5.93. The molecule has 0 radical (unpaired) electrons. The van der Waals surface area contributed by atoms with Crippen molar-refractivity contribution < 1.29 is 9.72 Å². The van der Waals surface area contributed by atoms with Gasteiger partial charge in [0.2, 0.25) is 0 Å². The monoisotopic (exact) mass is 497 g/mol. The van der Waals surface area contributed by atoms with E-state index in [9.17, 15) is 14.9 Å². The molecule has 0 spiro atoms. The highest BCUT2D eigenvalue weighted by atomic mass is 127. The van der Waals surface area contributed by atoms with Crippen LogP contribution in [0.15, 0.2) is 90.0 Å². The van der Waals surface area contributed by atoms with Crippen LogP contribution in [0.3, 0.4) is 0 Å². The Kier molecular flexibility index (Phi) is 6.85. The molecule has 3 rings (SSSR count). The SMILES string of the molecule is O=C(NN=C(/C=C/c1ccccc1[N+](=O)[O-])c1ccccc1)c1ccccc1I. The Morgan fingerprint density at radius 1 is 0.966 bits per heavy atom. The fourth-order valence-electron chi connectivity index (χ4n) is 2.59. The third-order valence-electron chi connectivity index (χ3n) is 4.02. The molecule has 7 heteroatoms. The maximum atomic E-state index is 12.5. The fraction of sp³-hybridized carbons (Fsp3) is 0. The Morgan fingerprint density at radius 2 is 1.62 bits per heavy atom. The van der Waals surface area contributed by atoms with Gasteiger partial charge < -0.3 is 0 Å². The minimum Gasteiger partial charge on any atom is -0.267 e. The normalized spacial score (nSPS) is 11.4. The first-order chi connectivity index (χ1) is 14.1. The van der Waals surface area contributed by atoms with Gasteiger partial charge in [0.25, 0.3) is 11.6 Å². The second-order valence-corrected chi connectivity index (χ2v) is 7.10. The van der Waals surface area contributed by atoms with E-state index in [-0.39, 0.29) is 11.6 Å². The number of hydrogen-bond donors (Lipinski definition) is 1. The third kappa shape index (κ3) is 5.35. The van der Waals surface area contributed by atoms with Crippen LogP contribution >= 0.6 is 22.6 Å². The van der Waals surface area contributed by atoms with E-state index >= 15 is 0 Å². The predicted molar refractivity (Wildman–Crippen MR) is 122 cm³/mol. The molecule has 0 atom stereocenters. The maximum Gasteiger partial charge on any atom is 0.276 e. The van der Waals surface area contributed by atoms with Crippen molar-refractivity contribution in [1.82, 2.24) is 5.43 Å². The van der Waals surface area contributed by atoms with Crippen LogP contribution in [0.25, 0.3) is 6.08 Å². The minimum atomic E-state index is -0.432. The molecule has 0 aliphatic carbocycles. The number of nitrogens with zero attached hydrogens (tertiary/aromatic N) is 2. The number of nitrogens with one attached hydrogen (secondary N) is 1. The number of allylic oxidation sites excluding steroid dienone is 1. The average molecular weight is 497 g/mol. The smallest absolute Gasteiger partial charge is 0.267 e. The van der Waals surface area contributed by atoms with Crippen molar-refractivity contribution in [3.05, 3.63) is 115 Å². The molecule has 0 heterocycles. The lowest BCUT2D eigenvalue weighted by atomic mass is 10.1. The fourth-order valence-corrected chi connectivity index (χ4v) is 3.22. The number of benzene rings is 3. The maximum absolute atomic E-state index is 12.5. The largest absolute Gasteiger partial charge is 0.276 e. The van der Waals surface area contributed by atoms with Gasteiger partial charge in [-0.1, -0.05) is 54.6 Å². The van der Waals surface area contributed by atoms with Gasteiger partial charge in [-0.05, 0) is 52.9 Å². The first kappa shape index (κ1) is 20.4. The molecular weight excluding hydrogens is 481 g/mol. The van der Waals surface area contributed by atoms with E-state index in [0.29, 0.717) is 16.8 Å². The van der Waals surface area contributed by atoms with Crippen molar-refractivity contribution in [1.29, 1.82) is 0 Å². The zero-order valence-electron chi connectivity index (χ0n) is 15.2. The number of amides is 1. The molecule has 0 saturated carbocycles. The van der Waals surface area contributed by atoms with Crippen LogP contribution in [0.5, 0.6) is 0 Å².